The summed E-state index contributed by atoms with van der Waals surface area (Å²) in [5.74, 6) is -0.534. The van der Waals surface area contributed by atoms with Gasteiger partial charge in [-0.25, -0.2) is 4.79 Å². The molecule has 1 aliphatic rings. The fraction of sp³-hybridized carbons (Fsp3) is 0.556. The van der Waals surface area contributed by atoms with E-state index in [0.29, 0.717) is 13.0 Å². The van der Waals surface area contributed by atoms with E-state index in [4.69, 9.17) is 6.11 Å². The molecule has 2 rings (SSSR count). The van der Waals surface area contributed by atoms with E-state index in [9.17, 15) is 9.59 Å². The Balaban J connectivity index is 2.17. The molecule has 1 saturated heterocycles. The van der Waals surface area contributed by atoms with Gasteiger partial charge in [0.2, 0.25) is 5.91 Å². The number of amides is 1. The third-order valence-corrected chi connectivity index (χ3v) is 3.80. The zero-order chi connectivity index (χ0) is 17.7. The van der Waals surface area contributed by atoms with Crippen LogP contribution in [-0.2, 0) is 14.3 Å². The molecule has 2 atom stereocenters. The highest BCUT2D eigenvalue weighted by Crippen LogP contribution is 2.25. The number of likely N-dealkylation sites (N-methyl/N-ethyl adjacent to an activating group) is 1. The van der Waals surface area contributed by atoms with Crippen LogP contribution in [0.15, 0.2) is 30.3 Å². The Morgan fingerprint density at radius 2 is 2.04 bits per heavy atom. The molecule has 0 aliphatic carbocycles. The van der Waals surface area contributed by atoms with Crippen LogP contribution in [0.2, 0.25) is 0 Å². The molecule has 1 aliphatic heterocycles. The van der Waals surface area contributed by atoms with Crippen LogP contribution in [0.5, 0.6) is 0 Å². The van der Waals surface area contributed by atoms with Gasteiger partial charge in [-0.1, -0.05) is 30.3 Å². The van der Waals surface area contributed by atoms with Crippen LogP contribution in [0.3, 0.4) is 0 Å². The number of ether oxygens (including phenoxy) is 1. The first-order valence-electron chi connectivity index (χ1n) is 8.65. The summed E-state index contributed by atoms with van der Waals surface area (Å²) in [5.41, 5.74) is 0.219. The minimum absolute atomic E-state index is 0.0732. The number of likely N-dealkylation sites (tertiary alicyclic amines) is 1. The first-order valence-corrected chi connectivity index (χ1v) is 7.94. The quantitative estimate of drug-likeness (QED) is 0.865. The average molecular weight is 319 g/mol. The number of hydrogen-bond donors (Lipinski definition) is 1. The lowest BCUT2D eigenvalue weighted by Crippen LogP contribution is -2.47. The highest BCUT2D eigenvalue weighted by Gasteiger charge is 2.39. The van der Waals surface area contributed by atoms with E-state index in [1.807, 2.05) is 51.1 Å². The first kappa shape index (κ1) is 16.0. The molecule has 0 saturated carbocycles. The minimum atomic E-state index is -0.619. The Hall–Kier alpha value is -1.88. The summed E-state index contributed by atoms with van der Waals surface area (Å²) >= 11 is 0. The van der Waals surface area contributed by atoms with Crippen molar-refractivity contribution < 1.29 is 15.7 Å². The zero-order valence-electron chi connectivity index (χ0n) is 15.0. The van der Waals surface area contributed by atoms with Crippen molar-refractivity contribution in [3.63, 3.8) is 0 Å². The molecule has 1 N–H and O–H groups in total. The molecule has 23 heavy (non-hydrogen) atoms. The maximum atomic E-state index is 13.0. The molecule has 1 aromatic rings. The predicted molar refractivity (Wildman–Crippen MR) is 88.8 cm³/mol. The molecule has 0 aromatic heterocycles. The van der Waals surface area contributed by atoms with Crippen molar-refractivity contribution >= 4 is 11.9 Å². The second kappa shape index (κ2) is 7.13. The molecule has 126 valence electrons. The van der Waals surface area contributed by atoms with Crippen LogP contribution in [0.4, 0.5) is 0 Å². The standard InChI is InChI=1S/C18H26N2O3/c1-18(2,3)23-17(22)14-11-8-12-20(14)16(21)15(19-4)13-9-6-5-7-10-13/h5-7,9-10,14-15,19H,8,11-12H2,1-4H3/t14-,15?/m0/s1/i4D. The maximum Gasteiger partial charge on any atom is 0.329 e. The van der Waals surface area contributed by atoms with Gasteiger partial charge in [0.05, 0.1) is 0 Å². The van der Waals surface area contributed by atoms with Gasteiger partial charge in [0.15, 0.2) is 0 Å². The summed E-state index contributed by atoms with van der Waals surface area (Å²) < 4.78 is 12.9. The van der Waals surface area contributed by atoms with Crippen LogP contribution < -0.4 is 5.32 Å². The molecule has 1 amide bonds. The normalized spacial score (nSPS) is 20.0. The van der Waals surface area contributed by atoms with Gasteiger partial charge in [-0.3, -0.25) is 4.79 Å². The smallest absolute Gasteiger partial charge is 0.329 e. The van der Waals surface area contributed by atoms with E-state index in [1.54, 1.807) is 4.90 Å². The summed E-state index contributed by atoms with van der Waals surface area (Å²) in [4.78, 5) is 27.0. The molecule has 0 spiro atoms. The second-order valence-corrected chi connectivity index (χ2v) is 6.77. The van der Waals surface area contributed by atoms with Crippen LogP contribution in [0.25, 0.3) is 0 Å². The van der Waals surface area contributed by atoms with E-state index in [2.05, 4.69) is 5.32 Å². The van der Waals surface area contributed by atoms with Gasteiger partial charge in [0.25, 0.3) is 0 Å². The zero-order valence-corrected chi connectivity index (χ0v) is 14.0. The number of carbonyl (C=O) groups is 2. The molecule has 1 aromatic carbocycles. The third-order valence-electron chi connectivity index (χ3n) is 3.80. The van der Waals surface area contributed by atoms with E-state index < -0.39 is 17.7 Å². The molecular weight excluding hydrogens is 292 g/mol. The molecule has 0 bridgehead atoms. The van der Waals surface area contributed by atoms with Crippen molar-refractivity contribution in [1.82, 2.24) is 10.2 Å². The Morgan fingerprint density at radius 1 is 1.35 bits per heavy atom. The molecule has 0 radical (unpaired) electrons. The van der Waals surface area contributed by atoms with Crippen LogP contribution >= 0.6 is 0 Å². The summed E-state index contributed by atoms with van der Waals surface area (Å²) in [6.45, 7) is 5.99. The number of rotatable bonds is 4. The fourth-order valence-corrected chi connectivity index (χ4v) is 2.80. The van der Waals surface area contributed by atoms with Crippen molar-refractivity contribution in [2.75, 3.05) is 13.6 Å². The number of hydrogen-bond acceptors (Lipinski definition) is 4. The number of nitrogens with zero attached hydrogens (tertiary/aromatic N) is 1. The van der Waals surface area contributed by atoms with Gasteiger partial charge in [-0.15, -0.1) is 0 Å². The van der Waals surface area contributed by atoms with Crippen molar-refractivity contribution in [3.05, 3.63) is 35.9 Å². The predicted octanol–water partition coefficient (Wildman–Crippen LogP) is 2.28. The largest absolute Gasteiger partial charge is 0.458 e. The van der Waals surface area contributed by atoms with Gasteiger partial charge in [-0.2, -0.15) is 0 Å². The summed E-state index contributed by atoms with van der Waals surface area (Å²) in [7, 11) is -0.0732. The van der Waals surface area contributed by atoms with E-state index >= 15 is 0 Å². The molecule has 1 unspecified atom stereocenters. The number of benzene rings is 1. The van der Waals surface area contributed by atoms with Crippen molar-refractivity contribution in [2.24, 2.45) is 0 Å². The topological polar surface area (TPSA) is 58.6 Å². The third kappa shape index (κ3) is 4.32. The van der Waals surface area contributed by atoms with Crippen LogP contribution in [-0.4, -0.2) is 42.0 Å². The van der Waals surface area contributed by atoms with E-state index in [1.165, 1.54) is 0 Å². The Labute approximate surface area is 139 Å². The Kier molecular flexibility index (Phi) is 4.96. The molecule has 1 heterocycles. The van der Waals surface area contributed by atoms with Crippen LogP contribution in [0.1, 0.15) is 46.6 Å². The van der Waals surface area contributed by atoms with Crippen molar-refractivity contribution in [3.8, 4) is 0 Å². The molecule has 5 nitrogen and oxygen atoms in total. The lowest BCUT2D eigenvalue weighted by molar-refractivity contribution is -0.163. The monoisotopic (exact) mass is 319 g/mol. The van der Waals surface area contributed by atoms with E-state index in [-0.39, 0.29) is 18.9 Å². The summed E-state index contributed by atoms with van der Waals surface area (Å²) in [6, 6.07) is 8.13. The van der Waals surface area contributed by atoms with Gasteiger partial charge in [0, 0.05) is 7.92 Å². The number of carbonyl (C=O) groups excluding carboxylic acids is 2. The number of nitrogens with one attached hydrogen (secondary N) is 1. The SMILES string of the molecule is [2H]CNC(C(=O)N1CCC[C@H]1C(=O)OC(C)(C)C)c1ccccc1. The molecule has 1 fully saturated rings. The van der Waals surface area contributed by atoms with Crippen molar-refractivity contribution in [2.45, 2.75) is 51.3 Å². The molecular formula is C18H26N2O3. The highest BCUT2D eigenvalue weighted by molar-refractivity contribution is 5.89. The van der Waals surface area contributed by atoms with Crippen molar-refractivity contribution in [1.29, 1.82) is 0 Å². The highest BCUT2D eigenvalue weighted by atomic mass is 16.6. The first-order chi connectivity index (χ1) is 11.3. The summed E-state index contributed by atoms with van der Waals surface area (Å²) in [6.07, 6.45) is 1.39. The summed E-state index contributed by atoms with van der Waals surface area (Å²) in [5, 5.41) is 2.91. The Bertz CT molecular complexity index is 571. The van der Waals surface area contributed by atoms with E-state index in [0.717, 1.165) is 12.0 Å². The van der Waals surface area contributed by atoms with Gasteiger partial charge in [-0.05, 0) is 46.2 Å². The lowest BCUT2D eigenvalue weighted by atomic mass is 10.1. The van der Waals surface area contributed by atoms with Gasteiger partial charge < -0.3 is 15.0 Å². The fourth-order valence-electron chi connectivity index (χ4n) is 2.80. The lowest BCUT2D eigenvalue weighted by Gasteiger charge is -2.30. The molecule has 5 heteroatoms. The van der Waals surface area contributed by atoms with Gasteiger partial charge >= 0.3 is 5.97 Å². The maximum absolute atomic E-state index is 13.0. The second-order valence-electron chi connectivity index (χ2n) is 6.77. The van der Waals surface area contributed by atoms with Crippen LogP contribution in [0, 0.1) is 0 Å². The number of esters is 1. The minimum Gasteiger partial charge on any atom is -0.458 e. The van der Waals surface area contributed by atoms with Gasteiger partial charge in [0.1, 0.15) is 17.7 Å². The average Bonchev–Trinajstić information content (AvgIpc) is 3.01. The Morgan fingerprint density at radius 3 is 2.65 bits per heavy atom.